The van der Waals surface area contributed by atoms with Crippen LogP contribution in [-0.2, 0) is 11.3 Å². The molecule has 0 spiro atoms. The highest BCUT2D eigenvalue weighted by Crippen LogP contribution is 2.30. The predicted molar refractivity (Wildman–Crippen MR) is 85.1 cm³/mol. The smallest absolute Gasteiger partial charge is 0.318 e. The third-order valence-corrected chi connectivity index (χ3v) is 4.87. The first kappa shape index (κ1) is 14.9. The molecule has 21 heavy (non-hydrogen) atoms. The third kappa shape index (κ3) is 3.98. The van der Waals surface area contributed by atoms with E-state index in [0.717, 1.165) is 48.9 Å². The van der Waals surface area contributed by atoms with E-state index in [2.05, 4.69) is 27.3 Å². The summed E-state index contributed by atoms with van der Waals surface area (Å²) >= 11 is 3.57. The molecule has 5 heteroatoms. The molecule has 1 saturated carbocycles. The van der Waals surface area contributed by atoms with Crippen molar-refractivity contribution in [3.8, 4) is 0 Å². The lowest BCUT2D eigenvalue weighted by atomic mass is 10.1. The third-order valence-electron chi connectivity index (χ3n) is 4.10. The number of ether oxygens (including phenoxy) is 1. The fourth-order valence-corrected chi connectivity index (χ4v) is 3.07. The lowest BCUT2D eigenvalue weighted by Gasteiger charge is -2.28. The van der Waals surface area contributed by atoms with Gasteiger partial charge in [0, 0.05) is 36.3 Å². The normalized spacial score (nSPS) is 19.3. The lowest BCUT2D eigenvalue weighted by molar-refractivity contribution is 0.0777. The Balaban J connectivity index is 1.63. The van der Waals surface area contributed by atoms with Crippen LogP contribution in [0.4, 0.5) is 4.79 Å². The molecule has 1 heterocycles. The van der Waals surface area contributed by atoms with E-state index >= 15 is 0 Å². The molecule has 1 aliphatic carbocycles. The quantitative estimate of drug-likeness (QED) is 0.903. The molecule has 1 aromatic rings. The number of rotatable bonds is 4. The molecule has 0 unspecified atom stereocenters. The predicted octanol–water partition coefficient (Wildman–Crippen LogP) is 3.30. The molecule has 3 rings (SSSR count). The number of carbonyl (C=O) groups is 1. The van der Waals surface area contributed by atoms with E-state index in [4.69, 9.17) is 4.74 Å². The van der Waals surface area contributed by atoms with Crippen molar-refractivity contribution >= 4 is 22.0 Å². The Kier molecular flexibility index (Phi) is 4.80. The Bertz CT molecular complexity index is 499. The van der Waals surface area contributed by atoms with Gasteiger partial charge in [-0.2, -0.15) is 0 Å². The van der Waals surface area contributed by atoms with Gasteiger partial charge in [-0.3, -0.25) is 0 Å². The topological polar surface area (TPSA) is 41.6 Å². The van der Waals surface area contributed by atoms with Gasteiger partial charge in [0.2, 0.25) is 0 Å². The van der Waals surface area contributed by atoms with E-state index in [1.807, 2.05) is 23.1 Å². The highest BCUT2D eigenvalue weighted by molar-refractivity contribution is 9.10. The number of benzene rings is 1. The number of hydrogen-bond acceptors (Lipinski definition) is 2. The summed E-state index contributed by atoms with van der Waals surface area (Å²) in [4.78, 5) is 14.5. The van der Waals surface area contributed by atoms with E-state index in [9.17, 15) is 4.79 Å². The first-order chi connectivity index (χ1) is 10.2. The average Bonchev–Trinajstić information content (AvgIpc) is 3.32. The average molecular weight is 353 g/mol. The molecule has 2 aliphatic rings. The van der Waals surface area contributed by atoms with Crippen LogP contribution < -0.4 is 5.32 Å². The first-order valence-electron chi connectivity index (χ1n) is 7.62. The zero-order valence-corrected chi connectivity index (χ0v) is 13.6. The maximum atomic E-state index is 12.6. The minimum atomic E-state index is 0.0696. The molecule has 0 aromatic heterocycles. The summed E-state index contributed by atoms with van der Waals surface area (Å²) in [5.41, 5.74) is 1.16. The molecule has 114 valence electrons. The molecule has 1 saturated heterocycles. The Labute approximate surface area is 134 Å². The Hall–Kier alpha value is -1.07. The van der Waals surface area contributed by atoms with Crippen LogP contribution in [0.2, 0.25) is 0 Å². The van der Waals surface area contributed by atoms with Crippen LogP contribution in [0, 0.1) is 0 Å². The molecule has 1 aromatic carbocycles. The standard InChI is InChI=1S/C16H21BrN2O2/c17-15-4-2-1-3-12(15)11-19(14-5-6-14)16(20)18-13-7-9-21-10-8-13/h1-4,13-14H,5-11H2,(H,18,20). The number of nitrogens with zero attached hydrogens (tertiary/aromatic N) is 1. The van der Waals surface area contributed by atoms with Gasteiger partial charge in [0.25, 0.3) is 0 Å². The fourth-order valence-electron chi connectivity index (χ4n) is 2.66. The Morgan fingerprint density at radius 3 is 2.62 bits per heavy atom. The number of halogens is 1. The second kappa shape index (κ2) is 6.79. The number of carbonyl (C=O) groups excluding carboxylic acids is 1. The highest BCUT2D eigenvalue weighted by Gasteiger charge is 2.33. The van der Waals surface area contributed by atoms with Crippen molar-refractivity contribution in [3.05, 3.63) is 34.3 Å². The number of hydrogen-bond donors (Lipinski definition) is 1. The minimum absolute atomic E-state index is 0.0696. The minimum Gasteiger partial charge on any atom is -0.381 e. The van der Waals surface area contributed by atoms with E-state index in [1.165, 1.54) is 0 Å². The fraction of sp³-hybridized carbons (Fsp3) is 0.562. The van der Waals surface area contributed by atoms with Crippen molar-refractivity contribution in [2.24, 2.45) is 0 Å². The SMILES string of the molecule is O=C(NC1CCOCC1)N(Cc1ccccc1Br)C1CC1. The Morgan fingerprint density at radius 1 is 1.24 bits per heavy atom. The molecule has 0 bridgehead atoms. The zero-order chi connectivity index (χ0) is 14.7. The second-order valence-electron chi connectivity index (χ2n) is 5.79. The van der Waals surface area contributed by atoms with Crippen molar-refractivity contribution in [2.45, 2.75) is 44.3 Å². The number of urea groups is 1. The van der Waals surface area contributed by atoms with Gasteiger partial charge in [0.1, 0.15) is 0 Å². The van der Waals surface area contributed by atoms with Gasteiger partial charge < -0.3 is 15.0 Å². The van der Waals surface area contributed by atoms with Crippen molar-refractivity contribution in [1.82, 2.24) is 10.2 Å². The summed E-state index contributed by atoms with van der Waals surface area (Å²) < 4.78 is 6.41. The highest BCUT2D eigenvalue weighted by atomic mass is 79.9. The molecule has 1 N–H and O–H groups in total. The number of nitrogens with one attached hydrogen (secondary N) is 1. The van der Waals surface area contributed by atoms with Crippen molar-refractivity contribution < 1.29 is 9.53 Å². The van der Waals surface area contributed by atoms with Crippen molar-refractivity contribution in [2.75, 3.05) is 13.2 Å². The van der Waals surface area contributed by atoms with Crippen molar-refractivity contribution in [3.63, 3.8) is 0 Å². The molecule has 0 atom stereocenters. The van der Waals surface area contributed by atoms with Gasteiger partial charge >= 0.3 is 6.03 Å². The largest absolute Gasteiger partial charge is 0.381 e. The van der Waals surface area contributed by atoms with Crippen LogP contribution in [0.3, 0.4) is 0 Å². The lowest BCUT2D eigenvalue weighted by Crippen LogP contribution is -2.47. The van der Waals surface area contributed by atoms with Gasteiger partial charge in [-0.25, -0.2) is 4.79 Å². The van der Waals surface area contributed by atoms with Gasteiger partial charge in [0.05, 0.1) is 0 Å². The molecule has 0 radical (unpaired) electrons. The summed E-state index contributed by atoms with van der Waals surface area (Å²) in [5, 5.41) is 3.17. The van der Waals surface area contributed by atoms with E-state index < -0.39 is 0 Å². The summed E-state index contributed by atoms with van der Waals surface area (Å²) in [6, 6.07) is 8.83. The van der Waals surface area contributed by atoms with Gasteiger partial charge in [-0.05, 0) is 37.3 Å². The van der Waals surface area contributed by atoms with Gasteiger partial charge in [0.15, 0.2) is 0 Å². The monoisotopic (exact) mass is 352 g/mol. The number of amides is 2. The maximum absolute atomic E-state index is 12.6. The van der Waals surface area contributed by atoms with E-state index in [1.54, 1.807) is 0 Å². The van der Waals surface area contributed by atoms with Crippen LogP contribution in [-0.4, -0.2) is 36.2 Å². The summed E-state index contributed by atoms with van der Waals surface area (Å²) in [7, 11) is 0. The van der Waals surface area contributed by atoms with Crippen LogP contribution in [0.5, 0.6) is 0 Å². The van der Waals surface area contributed by atoms with Crippen LogP contribution in [0.15, 0.2) is 28.7 Å². The molecule has 4 nitrogen and oxygen atoms in total. The van der Waals surface area contributed by atoms with Crippen LogP contribution >= 0.6 is 15.9 Å². The van der Waals surface area contributed by atoms with Crippen LogP contribution in [0.25, 0.3) is 0 Å². The molecular formula is C16H21BrN2O2. The van der Waals surface area contributed by atoms with Crippen molar-refractivity contribution in [1.29, 1.82) is 0 Å². The molecule has 2 amide bonds. The second-order valence-corrected chi connectivity index (χ2v) is 6.64. The molecular weight excluding hydrogens is 332 g/mol. The van der Waals surface area contributed by atoms with Gasteiger partial charge in [-0.1, -0.05) is 34.1 Å². The summed E-state index contributed by atoms with van der Waals surface area (Å²) in [5.74, 6) is 0. The van der Waals surface area contributed by atoms with Gasteiger partial charge in [-0.15, -0.1) is 0 Å². The Morgan fingerprint density at radius 2 is 1.95 bits per heavy atom. The van der Waals surface area contributed by atoms with Crippen LogP contribution in [0.1, 0.15) is 31.2 Å². The first-order valence-corrected chi connectivity index (χ1v) is 8.41. The molecule has 1 aliphatic heterocycles. The maximum Gasteiger partial charge on any atom is 0.318 e. The molecule has 2 fully saturated rings. The summed E-state index contributed by atoms with van der Waals surface area (Å²) in [6.45, 7) is 2.17. The van der Waals surface area contributed by atoms with E-state index in [-0.39, 0.29) is 12.1 Å². The summed E-state index contributed by atoms with van der Waals surface area (Å²) in [6.07, 6.45) is 4.07. The zero-order valence-electron chi connectivity index (χ0n) is 12.1. The van der Waals surface area contributed by atoms with E-state index in [0.29, 0.717) is 12.6 Å².